The standard InChI is InChI=1S/C29H26F4N4O4/c1-28(2,3)41-27(39)34-17-18-9-7-10-19(15-18)37-22(16-24(36-37)29(31,32)33)26(38)35-21-13-8-14-23(25(21)30)40-20-11-5-4-6-12-20/h4-16H,17H2,1-3H3,(H,34,39)(H,35,38). The zero-order chi connectivity index (χ0) is 29.8. The summed E-state index contributed by atoms with van der Waals surface area (Å²) in [5, 5.41) is 8.46. The van der Waals surface area contributed by atoms with Gasteiger partial charge in [0.1, 0.15) is 17.0 Å². The van der Waals surface area contributed by atoms with E-state index in [-0.39, 0.29) is 23.7 Å². The SMILES string of the molecule is CC(C)(C)OC(=O)NCc1cccc(-n2nc(C(F)(F)F)cc2C(=O)Nc2cccc(Oc3ccccc3)c2F)c1. The molecule has 12 heteroatoms. The van der Waals surface area contributed by atoms with Crippen LogP contribution in [0.4, 0.5) is 28.0 Å². The van der Waals surface area contributed by atoms with E-state index in [9.17, 15) is 22.8 Å². The van der Waals surface area contributed by atoms with Gasteiger partial charge in [0, 0.05) is 12.6 Å². The highest BCUT2D eigenvalue weighted by molar-refractivity contribution is 6.03. The lowest BCUT2D eigenvalue weighted by Gasteiger charge is -2.19. The summed E-state index contributed by atoms with van der Waals surface area (Å²) in [5.74, 6) is -1.80. The van der Waals surface area contributed by atoms with E-state index in [0.29, 0.717) is 17.4 Å². The number of nitrogens with one attached hydrogen (secondary N) is 2. The largest absolute Gasteiger partial charge is 0.454 e. The van der Waals surface area contributed by atoms with Gasteiger partial charge in [0.15, 0.2) is 17.3 Å². The minimum atomic E-state index is -4.86. The van der Waals surface area contributed by atoms with E-state index < -0.39 is 41.0 Å². The fraction of sp³-hybridized carbons (Fsp3) is 0.207. The number of hydrogen-bond donors (Lipinski definition) is 2. The number of aromatic nitrogens is 2. The Kier molecular flexibility index (Phi) is 8.31. The summed E-state index contributed by atoms with van der Waals surface area (Å²) in [5.41, 5.74) is -2.23. The molecular weight excluding hydrogens is 544 g/mol. The van der Waals surface area contributed by atoms with Crippen molar-refractivity contribution in [3.63, 3.8) is 0 Å². The van der Waals surface area contributed by atoms with E-state index >= 15 is 4.39 Å². The van der Waals surface area contributed by atoms with Gasteiger partial charge in [-0.15, -0.1) is 0 Å². The molecule has 0 spiro atoms. The summed E-state index contributed by atoms with van der Waals surface area (Å²) in [7, 11) is 0. The Hall–Kier alpha value is -4.87. The number of amides is 2. The van der Waals surface area contributed by atoms with E-state index in [0.717, 1.165) is 4.68 Å². The zero-order valence-electron chi connectivity index (χ0n) is 22.3. The van der Waals surface area contributed by atoms with Gasteiger partial charge in [-0.2, -0.15) is 18.3 Å². The maximum absolute atomic E-state index is 15.2. The smallest absolute Gasteiger partial charge is 0.435 e. The van der Waals surface area contributed by atoms with Crippen molar-refractivity contribution in [2.45, 2.75) is 39.1 Å². The van der Waals surface area contributed by atoms with Crippen LogP contribution in [0.5, 0.6) is 11.5 Å². The van der Waals surface area contributed by atoms with E-state index in [1.54, 1.807) is 57.2 Å². The number of benzene rings is 3. The van der Waals surface area contributed by atoms with Gasteiger partial charge in [0.2, 0.25) is 0 Å². The van der Waals surface area contributed by atoms with Crippen molar-refractivity contribution in [2.75, 3.05) is 5.32 Å². The molecule has 3 aromatic carbocycles. The summed E-state index contributed by atoms with van der Waals surface area (Å²) in [4.78, 5) is 25.2. The van der Waals surface area contributed by atoms with Crippen molar-refractivity contribution in [3.05, 3.63) is 102 Å². The first-order chi connectivity index (χ1) is 19.3. The van der Waals surface area contributed by atoms with Crippen molar-refractivity contribution >= 4 is 17.7 Å². The van der Waals surface area contributed by atoms with Crippen molar-refractivity contribution in [1.82, 2.24) is 15.1 Å². The van der Waals surface area contributed by atoms with Crippen LogP contribution in [0.25, 0.3) is 5.69 Å². The molecule has 4 aromatic rings. The molecule has 4 rings (SSSR count). The van der Waals surface area contributed by atoms with Crippen molar-refractivity contribution < 1.29 is 36.6 Å². The number of ether oxygens (including phenoxy) is 2. The van der Waals surface area contributed by atoms with Gasteiger partial charge in [0.25, 0.3) is 5.91 Å². The van der Waals surface area contributed by atoms with Crippen LogP contribution in [-0.4, -0.2) is 27.4 Å². The number of carbonyl (C=O) groups is 2. The Bertz CT molecular complexity index is 1550. The molecule has 1 heterocycles. The molecule has 0 saturated heterocycles. The number of alkyl halides is 3. The molecule has 0 unspecified atom stereocenters. The Balaban J connectivity index is 1.61. The van der Waals surface area contributed by atoms with Crippen LogP contribution in [0.15, 0.2) is 78.9 Å². The summed E-state index contributed by atoms with van der Waals surface area (Å²) >= 11 is 0. The van der Waals surface area contributed by atoms with Gasteiger partial charge in [-0.3, -0.25) is 4.79 Å². The molecule has 1 aromatic heterocycles. The van der Waals surface area contributed by atoms with Gasteiger partial charge in [-0.05, 0) is 62.7 Å². The van der Waals surface area contributed by atoms with Gasteiger partial charge in [0.05, 0.1) is 11.4 Å². The van der Waals surface area contributed by atoms with Crippen LogP contribution in [0.3, 0.4) is 0 Å². The monoisotopic (exact) mass is 570 g/mol. The first kappa shape index (κ1) is 29.1. The Morgan fingerprint density at radius 3 is 2.32 bits per heavy atom. The molecular formula is C29H26F4N4O4. The highest BCUT2D eigenvalue weighted by atomic mass is 19.4. The quantitative estimate of drug-likeness (QED) is 0.231. The molecule has 0 aliphatic rings. The first-order valence-corrected chi connectivity index (χ1v) is 12.4. The molecule has 0 aliphatic heterocycles. The lowest BCUT2D eigenvalue weighted by atomic mass is 10.2. The molecule has 0 aliphatic carbocycles. The number of rotatable bonds is 7. The average molecular weight is 571 g/mol. The van der Waals surface area contributed by atoms with E-state index in [2.05, 4.69) is 15.7 Å². The predicted octanol–water partition coefficient (Wildman–Crippen LogP) is 7.10. The molecule has 8 nitrogen and oxygen atoms in total. The maximum atomic E-state index is 15.2. The number of hydrogen-bond acceptors (Lipinski definition) is 5. The lowest BCUT2D eigenvalue weighted by Crippen LogP contribution is -2.32. The van der Waals surface area contributed by atoms with Crippen LogP contribution in [0.2, 0.25) is 0 Å². The predicted molar refractivity (Wildman–Crippen MR) is 143 cm³/mol. The number of carbonyl (C=O) groups excluding carboxylic acids is 2. The normalized spacial score (nSPS) is 11.6. The van der Waals surface area contributed by atoms with Crippen LogP contribution >= 0.6 is 0 Å². The zero-order valence-corrected chi connectivity index (χ0v) is 22.3. The summed E-state index contributed by atoms with van der Waals surface area (Å²) in [6.45, 7) is 5.10. The maximum Gasteiger partial charge on any atom is 0.435 e. The molecule has 0 atom stereocenters. The van der Waals surface area contributed by atoms with E-state index in [1.807, 2.05) is 0 Å². The second kappa shape index (κ2) is 11.7. The fourth-order valence-electron chi connectivity index (χ4n) is 3.65. The molecule has 0 radical (unpaired) electrons. The number of para-hydroxylation sites is 1. The Labute approximate surface area is 232 Å². The van der Waals surface area contributed by atoms with Crippen molar-refractivity contribution in [3.8, 4) is 17.2 Å². The summed E-state index contributed by atoms with van der Waals surface area (Å²) < 4.78 is 67.5. The van der Waals surface area contributed by atoms with Gasteiger partial charge in [-0.1, -0.05) is 36.4 Å². The third-order valence-electron chi connectivity index (χ3n) is 5.41. The first-order valence-electron chi connectivity index (χ1n) is 12.4. The molecule has 41 heavy (non-hydrogen) atoms. The van der Waals surface area contributed by atoms with E-state index in [1.165, 1.54) is 36.4 Å². The number of halogens is 4. The van der Waals surface area contributed by atoms with Crippen molar-refractivity contribution in [1.29, 1.82) is 0 Å². The molecule has 0 saturated carbocycles. The minimum absolute atomic E-state index is 0.00288. The summed E-state index contributed by atoms with van der Waals surface area (Å²) in [6.07, 6.45) is -5.54. The number of anilines is 1. The molecule has 2 N–H and O–H groups in total. The number of alkyl carbamates (subject to hydrolysis) is 1. The second-order valence-corrected chi connectivity index (χ2v) is 9.84. The molecule has 2 amide bonds. The molecule has 0 bridgehead atoms. The molecule has 0 fully saturated rings. The van der Waals surface area contributed by atoms with Crippen LogP contribution in [0, 0.1) is 5.82 Å². The van der Waals surface area contributed by atoms with Gasteiger partial charge < -0.3 is 20.1 Å². The van der Waals surface area contributed by atoms with Gasteiger partial charge in [-0.25, -0.2) is 13.9 Å². The number of nitrogens with zero attached hydrogens (tertiary/aromatic N) is 2. The third kappa shape index (κ3) is 7.62. The third-order valence-corrected chi connectivity index (χ3v) is 5.41. The fourth-order valence-corrected chi connectivity index (χ4v) is 3.65. The highest BCUT2D eigenvalue weighted by Crippen LogP contribution is 2.32. The van der Waals surface area contributed by atoms with E-state index in [4.69, 9.17) is 9.47 Å². The Morgan fingerprint density at radius 1 is 0.927 bits per heavy atom. The lowest BCUT2D eigenvalue weighted by molar-refractivity contribution is -0.141. The van der Waals surface area contributed by atoms with Crippen LogP contribution < -0.4 is 15.4 Å². The Morgan fingerprint density at radius 2 is 1.63 bits per heavy atom. The van der Waals surface area contributed by atoms with Crippen molar-refractivity contribution in [2.24, 2.45) is 0 Å². The topological polar surface area (TPSA) is 94.5 Å². The van der Waals surface area contributed by atoms with Crippen LogP contribution in [-0.2, 0) is 17.5 Å². The highest BCUT2D eigenvalue weighted by Gasteiger charge is 2.36. The molecule has 214 valence electrons. The second-order valence-electron chi connectivity index (χ2n) is 9.84. The van der Waals surface area contributed by atoms with Gasteiger partial charge >= 0.3 is 12.3 Å². The average Bonchev–Trinajstić information content (AvgIpc) is 3.36. The minimum Gasteiger partial charge on any atom is -0.454 e. The summed E-state index contributed by atoms with van der Waals surface area (Å²) in [6, 6.07) is 19.0. The van der Waals surface area contributed by atoms with Crippen LogP contribution in [0.1, 0.15) is 42.5 Å².